The third kappa shape index (κ3) is 3.84. The summed E-state index contributed by atoms with van der Waals surface area (Å²) in [5.41, 5.74) is 0.266. The van der Waals surface area contributed by atoms with Gasteiger partial charge in [0.15, 0.2) is 0 Å². The van der Waals surface area contributed by atoms with Gasteiger partial charge in [0.05, 0.1) is 0 Å². The maximum Gasteiger partial charge on any atom is 0.249 e. The van der Waals surface area contributed by atoms with Crippen molar-refractivity contribution in [1.82, 2.24) is 10.6 Å². The summed E-state index contributed by atoms with van der Waals surface area (Å²) in [4.78, 5) is 11.8. The molecule has 5 heteroatoms. The molecule has 0 aliphatic carbocycles. The third-order valence-electron chi connectivity index (χ3n) is 4.03. The number of carbonyl (C=O) groups excluding carboxylic acids is 1. The van der Waals surface area contributed by atoms with Crippen LogP contribution in [0.4, 0.5) is 0 Å². The maximum atomic E-state index is 11.8. The van der Waals surface area contributed by atoms with Crippen LogP contribution in [0, 0.1) is 5.41 Å². The van der Waals surface area contributed by atoms with Crippen LogP contribution in [0.2, 0.25) is 0 Å². The Morgan fingerprint density at radius 2 is 2.22 bits per heavy atom. The quantitative estimate of drug-likeness (QED) is 0.821. The van der Waals surface area contributed by atoms with Crippen LogP contribution < -0.4 is 10.6 Å². The van der Waals surface area contributed by atoms with Gasteiger partial charge < -0.3 is 15.4 Å². The van der Waals surface area contributed by atoms with Crippen LogP contribution in [0.5, 0.6) is 0 Å². The molecule has 2 aliphatic rings. The second-order valence-electron chi connectivity index (χ2n) is 5.85. The molecule has 2 heterocycles. The number of carbonyl (C=O) groups is 1. The summed E-state index contributed by atoms with van der Waals surface area (Å²) in [5, 5.41) is 6.52. The fourth-order valence-corrected chi connectivity index (χ4v) is 2.72. The highest BCUT2D eigenvalue weighted by Gasteiger charge is 2.33. The molecule has 0 aromatic heterocycles. The smallest absolute Gasteiger partial charge is 0.249 e. The molecular weight excluding hydrogens is 252 g/mol. The minimum absolute atomic E-state index is 0. The van der Waals surface area contributed by atoms with Gasteiger partial charge in [-0.15, -0.1) is 12.4 Å². The van der Waals surface area contributed by atoms with Crippen molar-refractivity contribution in [2.45, 2.75) is 51.7 Å². The Kier molecular flexibility index (Phi) is 5.89. The van der Waals surface area contributed by atoms with Gasteiger partial charge in [-0.1, -0.05) is 13.8 Å². The Morgan fingerprint density at radius 3 is 2.83 bits per heavy atom. The molecule has 2 rings (SSSR count). The van der Waals surface area contributed by atoms with E-state index in [0.717, 1.165) is 26.0 Å². The van der Waals surface area contributed by atoms with Gasteiger partial charge in [0.2, 0.25) is 5.91 Å². The van der Waals surface area contributed by atoms with E-state index in [9.17, 15) is 4.79 Å². The van der Waals surface area contributed by atoms with E-state index >= 15 is 0 Å². The van der Waals surface area contributed by atoms with Crippen molar-refractivity contribution >= 4 is 18.3 Å². The summed E-state index contributed by atoms with van der Waals surface area (Å²) < 4.78 is 5.37. The van der Waals surface area contributed by atoms with Gasteiger partial charge in [0.1, 0.15) is 6.10 Å². The summed E-state index contributed by atoms with van der Waals surface area (Å²) in [6, 6.07) is 0.376. The number of halogens is 1. The molecule has 2 atom stereocenters. The molecule has 0 radical (unpaired) electrons. The minimum atomic E-state index is -0.207. The number of hydrogen-bond donors (Lipinski definition) is 2. The lowest BCUT2D eigenvalue weighted by Crippen LogP contribution is -2.53. The Labute approximate surface area is 116 Å². The molecule has 106 valence electrons. The molecule has 0 aromatic rings. The highest BCUT2D eigenvalue weighted by atomic mass is 35.5. The number of rotatable bonds is 3. The van der Waals surface area contributed by atoms with E-state index in [-0.39, 0.29) is 29.8 Å². The standard InChI is InChI=1S/C13H24N2O2.ClH/c1-13(2)6-4-7-14-11(13)9-15-12(16)10-5-3-8-17-10;/h10-11,14H,3-9H2,1-2H3,(H,15,16);1H/t10-,11?;/m1./s1. The summed E-state index contributed by atoms with van der Waals surface area (Å²) in [6.45, 7) is 7.03. The SMILES string of the molecule is CC1(C)CCCNC1CNC(=O)[C@H]1CCCO1.Cl. The van der Waals surface area contributed by atoms with E-state index in [1.54, 1.807) is 0 Å². The summed E-state index contributed by atoms with van der Waals surface area (Å²) in [7, 11) is 0. The van der Waals surface area contributed by atoms with E-state index in [4.69, 9.17) is 4.74 Å². The lowest BCUT2D eigenvalue weighted by molar-refractivity contribution is -0.130. The molecule has 2 saturated heterocycles. The summed E-state index contributed by atoms with van der Waals surface area (Å²) in [5.74, 6) is 0.0608. The highest BCUT2D eigenvalue weighted by Crippen LogP contribution is 2.29. The zero-order valence-electron chi connectivity index (χ0n) is 11.3. The number of piperidine rings is 1. The van der Waals surface area contributed by atoms with Crippen molar-refractivity contribution < 1.29 is 9.53 Å². The Bertz CT molecular complexity index is 278. The first-order chi connectivity index (χ1) is 8.09. The van der Waals surface area contributed by atoms with Crippen LogP contribution >= 0.6 is 12.4 Å². The number of nitrogens with one attached hydrogen (secondary N) is 2. The van der Waals surface area contributed by atoms with Crippen molar-refractivity contribution in [2.24, 2.45) is 5.41 Å². The molecule has 0 aromatic carbocycles. The molecule has 2 fully saturated rings. The first kappa shape index (κ1) is 15.7. The van der Waals surface area contributed by atoms with Crippen LogP contribution in [0.1, 0.15) is 39.5 Å². The van der Waals surface area contributed by atoms with Crippen molar-refractivity contribution in [3.63, 3.8) is 0 Å². The van der Waals surface area contributed by atoms with E-state index in [1.165, 1.54) is 12.8 Å². The molecule has 1 unspecified atom stereocenters. The fourth-order valence-electron chi connectivity index (χ4n) is 2.72. The molecule has 2 aliphatic heterocycles. The second-order valence-corrected chi connectivity index (χ2v) is 5.85. The van der Waals surface area contributed by atoms with Crippen LogP contribution in [0.25, 0.3) is 0 Å². The van der Waals surface area contributed by atoms with Crippen LogP contribution in [-0.4, -0.2) is 37.7 Å². The summed E-state index contributed by atoms with van der Waals surface area (Å²) in [6.07, 6.45) is 4.11. The Balaban J connectivity index is 0.00000162. The monoisotopic (exact) mass is 276 g/mol. The van der Waals surface area contributed by atoms with Gasteiger partial charge in [-0.2, -0.15) is 0 Å². The summed E-state index contributed by atoms with van der Waals surface area (Å²) >= 11 is 0. The number of hydrogen-bond acceptors (Lipinski definition) is 3. The Hall–Kier alpha value is -0.320. The molecule has 0 spiro atoms. The van der Waals surface area contributed by atoms with Gasteiger partial charge in [-0.3, -0.25) is 4.79 Å². The molecule has 18 heavy (non-hydrogen) atoms. The van der Waals surface area contributed by atoms with Crippen LogP contribution in [0.3, 0.4) is 0 Å². The van der Waals surface area contributed by atoms with Crippen molar-refractivity contribution in [3.8, 4) is 0 Å². The first-order valence-electron chi connectivity index (χ1n) is 6.72. The number of ether oxygens (including phenoxy) is 1. The normalized spacial score (nSPS) is 30.6. The van der Waals surface area contributed by atoms with Gasteiger partial charge in [-0.05, 0) is 37.6 Å². The molecular formula is C13H25ClN2O2. The molecule has 2 N–H and O–H groups in total. The molecule has 0 saturated carbocycles. The van der Waals surface area contributed by atoms with Gasteiger partial charge in [0.25, 0.3) is 0 Å². The minimum Gasteiger partial charge on any atom is -0.368 e. The predicted octanol–water partition coefficient (Wildman–Crippen LogP) is 1.48. The highest BCUT2D eigenvalue weighted by molar-refractivity contribution is 5.85. The maximum absolute atomic E-state index is 11.8. The van der Waals surface area contributed by atoms with Crippen molar-refractivity contribution in [3.05, 3.63) is 0 Å². The van der Waals surface area contributed by atoms with Crippen LogP contribution in [0.15, 0.2) is 0 Å². The lowest BCUT2D eigenvalue weighted by Gasteiger charge is -2.39. The first-order valence-corrected chi connectivity index (χ1v) is 6.72. The van der Waals surface area contributed by atoms with Gasteiger partial charge in [0, 0.05) is 19.2 Å². The average Bonchev–Trinajstić information content (AvgIpc) is 2.80. The number of amides is 1. The van der Waals surface area contributed by atoms with E-state index in [1.807, 2.05) is 0 Å². The predicted molar refractivity (Wildman–Crippen MR) is 74.0 cm³/mol. The van der Waals surface area contributed by atoms with E-state index < -0.39 is 0 Å². The zero-order chi connectivity index (χ0) is 12.3. The van der Waals surface area contributed by atoms with Crippen LogP contribution in [-0.2, 0) is 9.53 Å². The van der Waals surface area contributed by atoms with Crippen molar-refractivity contribution in [1.29, 1.82) is 0 Å². The Morgan fingerprint density at radius 1 is 1.44 bits per heavy atom. The average molecular weight is 277 g/mol. The lowest BCUT2D eigenvalue weighted by atomic mass is 9.77. The fraction of sp³-hybridized carbons (Fsp3) is 0.923. The van der Waals surface area contributed by atoms with Crippen molar-refractivity contribution in [2.75, 3.05) is 19.7 Å². The topological polar surface area (TPSA) is 50.4 Å². The largest absolute Gasteiger partial charge is 0.368 e. The molecule has 0 bridgehead atoms. The van der Waals surface area contributed by atoms with Gasteiger partial charge >= 0.3 is 0 Å². The van der Waals surface area contributed by atoms with Gasteiger partial charge in [-0.25, -0.2) is 0 Å². The van der Waals surface area contributed by atoms with E-state index in [2.05, 4.69) is 24.5 Å². The molecule has 4 nitrogen and oxygen atoms in total. The molecule has 1 amide bonds. The zero-order valence-corrected chi connectivity index (χ0v) is 12.1. The second kappa shape index (κ2) is 6.73. The third-order valence-corrected chi connectivity index (χ3v) is 4.03. The van der Waals surface area contributed by atoms with E-state index in [0.29, 0.717) is 12.6 Å².